The van der Waals surface area contributed by atoms with E-state index in [0.29, 0.717) is 25.0 Å². The number of ether oxygens (including phenoxy) is 1. The molecule has 7 nitrogen and oxygen atoms in total. The van der Waals surface area contributed by atoms with Crippen LogP contribution in [0, 0.1) is 0 Å². The van der Waals surface area contributed by atoms with Crippen LogP contribution in [0.25, 0.3) is 11.1 Å². The summed E-state index contributed by atoms with van der Waals surface area (Å²) in [6, 6.07) is 15.3. The lowest BCUT2D eigenvalue weighted by Crippen LogP contribution is -2.63. The largest absolute Gasteiger partial charge is 0.479 e. The summed E-state index contributed by atoms with van der Waals surface area (Å²) in [5, 5.41) is 12.4. The van der Waals surface area contributed by atoms with Crippen molar-refractivity contribution in [2.75, 3.05) is 25.7 Å². The third-order valence-corrected chi connectivity index (χ3v) is 7.74. The van der Waals surface area contributed by atoms with Crippen molar-refractivity contribution >= 4 is 29.7 Å². The van der Waals surface area contributed by atoms with Crippen molar-refractivity contribution in [2.45, 2.75) is 43.2 Å². The Morgan fingerprint density at radius 3 is 2.21 bits per heavy atom. The van der Waals surface area contributed by atoms with Crippen molar-refractivity contribution in [3.05, 3.63) is 59.7 Å². The molecule has 0 bridgehead atoms. The van der Waals surface area contributed by atoms with Crippen molar-refractivity contribution in [3.63, 3.8) is 0 Å². The van der Waals surface area contributed by atoms with Crippen molar-refractivity contribution in [1.82, 2.24) is 10.2 Å². The molecule has 2 N–H and O–H groups in total. The van der Waals surface area contributed by atoms with Crippen LogP contribution in [-0.2, 0) is 14.3 Å². The van der Waals surface area contributed by atoms with Gasteiger partial charge in [-0.25, -0.2) is 9.59 Å². The van der Waals surface area contributed by atoms with Crippen LogP contribution in [0.4, 0.5) is 4.79 Å². The lowest BCUT2D eigenvalue weighted by molar-refractivity contribution is -0.165. The van der Waals surface area contributed by atoms with Crippen molar-refractivity contribution in [2.24, 2.45) is 0 Å². The molecule has 1 saturated carbocycles. The summed E-state index contributed by atoms with van der Waals surface area (Å²) in [6.07, 6.45) is 3.25. The van der Waals surface area contributed by atoms with Crippen molar-refractivity contribution in [1.29, 1.82) is 0 Å². The van der Waals surface area contributed by atoms with Gasteiger partial charge in [0.25, 0.3) is 0 Å². The second-order valence-electron chi connectivity index (χ2n) is 8.89. The number of carboxylic acid groups (broad SMARTS) is 1. The summed E-state index contributed by atoms with van der Waals surface area (Å²) in [6.45, 7) is 0.151. The van der Waals surface area contributed by atoms with Gasteiger partial charge in [0.05, 0.1) is 0 Å². The van der Waals surface area contributed by atoms with Crippen molar-refractivity contribution < 1.29 is 24.2 Å². The predicted octanol–water partition coefficient (Wildman–Crippen LogP) is 4.11. The smallest absolute Gasteiger partial charge is 0.407 e. The number of carbonyl (C=O) groups is 3. The van der Waals surface area contributed by atoms with Gasteiger partial charge in [0.15, 0.2) is 0 Å². The second kappa shape index (κ2) is 10.1. The number of nitrogens with zero attached hydrogens (tertiary/aromatic N) is 1. The van der Waals surface area contributed by atoms with Gasteiger partial charge in [0.1, 0.15) is 18.2 Å². The number of aliphatic carboxylic acids is 1. The average molecular weight is 483 g/mol. The van der Waals surface area contributed by atoms with E-state index in [9.17, 15) is 19.5 Å². The quantitative estimate of drug-likeness (QED) is 0.558. The van der Waals surface area contributed by atoms with Gasteiger partial charge in [-0.1, -0.05) is 48.5 Å². The zero-order chi connectivity index (χ0) is 24.3. The zero-order valence-corrected chi connectivity index (χ0v) is 20.3. The van der Waals surface area contributed by atoms with E-state index in [1.165, 1.54) is 11.9 Å². The molecule has 2 aromatic rings. The van der Waals surface area contributed by atoms with E-state index in [0.717, 1.165) is 28.7 Å². The van der Waals surface area contributed by atoms with Crippen LogP contribution in [0.1, 0.15) is 42.7 Å². The minimum Gasteiger partial charge on any atom is -0.479 e. The molecular formula is C26H30N2O5S. The summed E-state index contributed by atoms with van der Waals surface area (Å²) < 4.78 is 5.61. The molecule has 0 radical (unpaired) electrons. The molecule has 4 rings (SSSR count). The molecule has 2 aromatic carbocycles. The highest BCUT2D eigenvalue weighted by Crippen LogP contribution is 2.44. The van der Waals surface area contributed by atoms with E-state index in [2.05, 4.69) is 17.4 Å². The van der Waals surface area contributed by atoms with E-state index in [1.807, 2.05) is 42.7 Å². The Morgan fingerprint density at radius 2 is 1.71 bits per heavy atom. The molecule has 2 amide bonds. The van der Waals surface area contributed by atoms with Crippen LogP contribution < -0.4 is 5.32 Å². The monoisotopic (exact) mass is 482 g/mol. The summed E-state index contributed by atoms with van der Waals surface area (Å²) in [5.74, 6) is -0.830. The van der Waals surface area contributed by atoms with E-state index >= 15 is 0 Å². The molecule has 2 aliphatic rings. The number of likely N-dealkylation sites (N-methyl/N-ethyl adjacent to an activating group) is 1. The molecule has 0 heterocycles. The topological polar surface area (TPSA) is 95.9 Å². The minimum absolute atomic E-state index is 0.0774. The van der Waals surface area contributed by atoms with E-state index in [1.54, 1.807) is 11.8 Å². The normalized spacial score (nSPS) is 16.5. The Balaban J connectivity index is 1.44. The van der Waals surface area contributed by atoms with Gasteiger partial charge in [-0.3, -0.25) is 4.79 Å². The second-order valence-corrected chi connectivity index (χ2v) is 9.88. The molecule has 1 fully saturated rings. The van der Waals surface area contributed by atoms with Crippen molar-refractivity contribution in [3.8, 4) is 11.1 Å². The number of amides is 2. The number of nitrogens with one attached hydrogen (secondary N) is 1. The van der Waals surface area contributed by atoms with Gasteiger partial charge in [-0.15, -0.1) is 0 Å². The molecule has 0 spiro atoms. The van der Waals surface area contributed by atoms with Gasteiger partial charge in [-0.05, 0) is 59.9 Å². The highest BCUT2D eigenvalue weighted by atomic mass is 32.2. The Bertz CT molecular complexity index is 1040. The molecule has 2 aliphatic carbocycles. The Labute approximate surface area is 203 Å². The van der Waals surface area contributed by atoms with Gasteiger partial charge in [-0.2, -0.15) is 11.8 Å². The Kier molecular flexibility index (Phi) is 7.16. The molecule has 0 saturated heterocycles. The first-order valence-corrected chi connectivity index (χ1v) is 12.9. The summed E-state index contributed by atoms with van der Waals surface area (Å²) in [5.41, 5.74) is 3.32. The SMILES string of the molecule is CSCC[C@H](NC(=O)OCC1c2ccccc2-c2ccccc21)C(=O)N(C)C1(C(=O)O)CCC1. The van der Waals surface area contributed by atoms with E-state index < -0.39 is 29.6 Å². The summed E-state index contributed by atoms with van der Waals surface area (Å²) in [7, 11) is 1.51. The third-order valence-electron chi connectivity index (χ3n) is 7.10. The third kappa shape index (κ3) is 4.39. The first-order chi connectivity index (χ1) is 16.4. The highest BCUT2D eigenvalue weighted by molar-refractivity contribution is 7.98. The fraction of sp³-hybridized carbons (Fsp3) is 0.423. The molecule has 0 aliphatic heterocycles. The molecule has 180 valence electrons. The number of hydrogen-bond acceptors (Lipinski definition) is 5. The molecule has 1 atom stereocenters. The van der Waals surface area contributed by atoms with Crippen LogP contribution in [0.2, 0.25) is 0 Å². The number of thioether (sulfide) groups is 1. The fourth-order valence-corrected chi connectivity index (χ4v) is 5.40. The van der Waals surface area contributed by atoms with E-state index in [4.69, 9.17) is 4.74 Å². The van der Waals surface area contributed by atoms with Gasteiger partial charge >= 0.3 is 12.1 Å². The maximum Gasteiger partial charge on any atom is 0.407 e. The lowest BCUT2D eigenvalue weighted by Gasteiger charge is -2.45. The van der Waals surface area contributed by atoms with Crippen LogP contribution in [-0.4, -0.2) is 65.2 Å². The van der Waals surface area contributed by atoms with Crippen LogP contribution in [0.3, 0.4) is 0 Å². The summed E-state index contributed by atoms with van der Waals surface area (Å²) in [4.78, 5) is 39.1. The Morgan fingerprint density at radius 1 is 1.12 bits per heavy atom. The lowest BCUT2D eigenvalue weighted by atomic mass is 9.75. The van der Waals surface area contributed by atoms with Crippen LogP contribution in [0.5, 0.6) is 0 Å². The highest BCUT2D eigenvalue weighted by Gasteiger charge is 2.50. The number of benzene rings is 2. The Hall–Kier alpha value is -3.00. The molecule has 0 aromatic heterocycles. The molecule has 34 heavy (non-hydrogen) atoms. The molecule has 8 heteroatoms. The number of carbonyl (C=O) groups excluding carboxylic acids is 2. The maximum atomic E-state index is 13.2. The van der Waals surface area contributed by atoms with Crippen LogP contribution in [0.15, 0.2) is 48.5 Å². The fourth-order valence-electron chi connectivity index (χ4n) is 4.92. The van der Waals surface area contributed by atoms with Gasteiger partial charge < -0.3 is 20.1 Å². The number of rotatable bonds is 9. The average Bonchev–Trinajstić information content (AvgIpc) is 3.12. The number of fused-ring (bicyclic) bond motifs is 3. The standard InChI is InChI=1S/C26H30N2O5S/c1-28(26(24(30)31)13-7-14-26)23(29)22(12-15-34-2)27-25(32)33-16-21-19-10-5-3-8-17(19)18-9-4-6-11-20(18)21/h3-6,8-11,21-22H,7,12-16H2,1-2H3,(H,27,32)(H,30,31)/t22-/m0/s1. The number of hydrogen-bond donors (Lipinski definition) is 2. The first kappa shape index (κ1) is 24.1. The number of alkyl carbamates (subject to hydrolysis) is 1. The molecular weight excluding hydrogens is 452 g/mol. The van der Waals surface area contributed by atoms with E-state index in [-0.39, 0.29) is 12.5 Å². The predicted molar refractivity (Wildman–Crippen MR) is 132 cm³/mol. The maximum absolute atomic E-state index is 13.2. The minimum atomic E-state index is -1.18. The summed E-state index contributed by atoms with van der Waals surface area (Å²) >= 11 is 1.56. The first-order valence-electron chi connectivity index (χ1n) is 11.5. The molecule has 0 unspecified atom stereocenters. The van der Waals surface area contributed by atoms with Gasteiger partial charge in [0, 0.05) is 13.0 Å². The number of carboxylic acids is 1. The zero-order valence-electron chi connectivity index (χ0n) is 19.5. The van der Waals surface area contributed by atoms with Crippen LogP contribution >= 0.6 is 11.8 Å². The van der Waals surface area contributed by atoms with Gasteiger partial charge in [0.2, 0.25) is 5.91 Å².